The molecule has 0 saturated heterocycles. The fourth-order valence-electron chi connectivity index (χ4n) is 5.38. The summed E-state index contributed by atoms with van der Waals surface area (Å²) in [5.74, 6) is 0. The largest absolute Gasteiger partial charge is 0.264 e. The van der Waals surface area contributed by atoms with Gasteiger partial charge in [0, 0.05) is 5.56 Å². The third-order valence-corrected chi connectivity index (χ3v) is 7.90. The average molecular weight is 570 g/mol. The van der Waals surface area contributed by atoms with Crippen LogP contribution in [0, 0.1) is 0 Å². The number of fused-ring (bicyclic) bond motifs is 1. The van der Waals surface area contributed by atoms with E-state index in [1.807, 2.05) is 13.0 Å². The average Bonchev–Trinajstić information content (AvgIpc) is 3.08. The number of hydrogen-bond acceptors (Lipinski definition) is 1. The summed E-state index contributed by atoms with van der Waals surface area (Å²) in [6.07, 6.45) is 16.1. The van der Waals surface area contributed by atoms with Gasteiger partial charge in [0.1, 0.15) is 0 Å². The van der Waals surface area contributed by atoms with Gasteiger partial charge in [0.15, 0.2) is 0 Å². The summed E-state index contributed by atoms with van der Waals surface area (Å²) in [4.78, 5) is 4.48. The Balaban J connectivity index is 1.60. The summed E-state index contributed by atoms with van der Waals surface area (Å²) in [5, 5.41) is 4.71. The van der Waals surface area contributed by atoms with E-state index in [2.05, 4.69) is 177 Å². The van der Waals surface area contributed by atoms with Crippen molar-refractivity contribution >= 4 is 52.6 Å². The minimum Gasteiger partial charge on any atom is -0.264 e. The molecule has 0 bridgehead atoms. The number of nitrogens with zero attached hydrogens (tertiary/aromatic N) is 1. The summed E-state index contributed by atoms with van der Waals surface area (Å²) in [6, 6.07) is 40.7. The summed E-state index contributed by atoms with van der Waals surface area (Å²) in [6.45, 7) is 10.4. The van der Waals surface area contributed by atoms with E-state index in [1.165, 1.54) is 38.3 Å². The second kappa shape index (κ2) is 14.8. The third kappa shape index (κ3) is 7.38. The van der Waals surface area contributed by atoms with Gasteiger partial charge in [-0.3, -0.25) is 4.99 Å². The molecule has 44 heavy (non-hydrogen) atoms. The first-order chi connectivity index (χ1) is 21.6. The summed E-state index contributed by atoms with van der Waals surface area (Å²) < 4.78 is 0. The molecular formula is C43H39N. The van der Waals surface area contributed by atoms with Crippen LogP contribution in [0.25, 0.3) is 45.8 Å². The van der Waals surface area contributed by atoms with E-state index in [-0.39, 0.29) is 0 Å². The molecule has 5 rings (SSSR count). The lowest BCUT2D eigenvalue weighted by Gasteiger charge is -2.10. The molecule has 5 aromatic carbocycles. The minimum atomic E-state index is 0.834. The summed E-state index contributed by atoms with van der Waals surface area (Å²) in [7, 11) is 0. The van der Waals surface area contributed by atoms with Gasteiger partial charge >= 0.3 is 0 Å². The van der Waals surface area contributed by atoms with Crippen LogP contribution in [0.3, 0.4) is 0 Å². The van der Waals surface area contributed by atoms with Gasteiger partial charge in [-0.05, 0) is 93.7 Å². The standard InChI is InChI=1S/C43H39N/c1-5-7-14-35-16-9-10-17-36(35)25-27-41(31-43(44-4)42-28-26-37-18-11-13-20-40(37)30-42)38-23-21-34(22-24-38)32(3)29-39-19-12-8-15-33(39)6-2/h5,7-31H,4,6H2,1-3H3/b7-5+,32-29+,35-14-,36-25-,41-27+,43-31-. The SMILES string of the molecule is C=N\C(=C/C(=C\C=c1\cccc\c1=C\C=C\C)c1ccc(/C(C)=C/c2ccccc2CC)cc1)c1ccc2ccccc2c1. The van der Waals surface area contributed by atoms with Crippen molar-refractivity contribution in [3.8, 4) is 0 Å². The maximum atomic E-state index is 4.48. The highest BCUT2D eigenvalue weighted by atomic mass is 14.7. The number of hydrogen-bond donors (Lipinski definition) is 0. The molecule has 0 fully saturated rings. The zero-order valence-corrected chi connectivity index (χ0v) is 25.9. The molecule has 0 aliphatic rings. The predicted molar refractivity (Wildman–Crippen MR) is 195 cm³/mol. The quantitative estimate of drug-likeness (QED) is 0.0951. The highest BCUT2D eigenvalue weighted by Gasteiger charge is 2.07. The first-order valence-electron chi connectivity index (χ1n) is 15.2. The van der Waals surface area contributed by atoms with Gasteiger partial charge in [0.2, 0.25) is 0 Å². The Hall–Kier alpha value is -5.27. The van der Waals surface area contributed by atoms with E-state index in [9.17, 15) is 0 Å². The maximum Gasteiger partial charge on any atom is 0.0701 e. The molecule has 0 aromatic heterocycles. The molecule has 0 saturated carbocycles. The monoisotopic (exact) mass is 569 g/mol. The van der Waals surface area contributed by atoms with E-state index >= 15 is 0 Å². The molecule has 0 aliphatic heterocycles. The van der Waals surface area contributed by atoms with Gasteiger partial charge in [-0.15, -0.1) is 0 Å². The Morgan fingerprint density at radius 2 is 1.34 bits per heavy atom. The van der Waals surface area contributed by atoms with Crippen LogP contribution >= 0.6 is 0 Å². The van der Waals surface area contributed by atoms with Crippen LogP contribution in [0.4, 0.5) is 0 Å². The van der Waals surface area contributed by atoms with Crippen LogP contribution in [0.15, 0.2) is 145 Å². The van der Waals surface area contributed by atoms with Crippen LogP contribution in [0.5, 0.6) is 0 Å². The fraction of sp³-hybridized carbons (Fsp3) is 0.0930. The molecule has 0 unspecified atom stereocenters. The van der Waals surface area contributed by atoms with Gasteiger partial charge in [-0.25, -0.2) is 0 Å². The lowest BCUT2D eigenvalue weighted by molar-refractivity contribution is 1.13. The normalized spacial score (nSPS) is 13.7. The van der Waals surface area contributed by atoms with Crippen LogP contribution in [0.2, 0.25) is 0 Å². The topological polar surface area (TPSA) is 12.4 Å². The Labute approximate surface area is 262 Å². The second-order valence-corrected chi connectivity index (χ2v) is 10.8. The highest BCUT2D eigenvalue weighted by Crippen LogP contribution is 2.28. The molecule has 1 nitrogen and oxygen atoms in total. The van der Waals surface area contributed by atoms with Crippen molar-refractivity contribution in [2.24, 2.45) is 4.99 Å². The molecule has 0 radical (unpaired) electrons. The van der Waals surface area contributed by atoms with Gasteiger partial charge in [-0.2, -0.15) is 0 Å². The van der Waals surface area contributed by atoms with E-state index in [0.717, 1.165) is 34.0 Å². The molecule has 0 aliphatic carbocycles. The first-order valence-corrected chi connectivity index (χ1v) is 15.2. The number of allylic oxidation sites excluding steroid dienone is 6. The summed E-state index contributed by atoms with van der Waals surface area (Å²) >= 11 is 0. The van der Waals surface area contributed by atoms with Crippen molar-refractivity contribution in [2.75, 3.05) is 0 Å². The molecular weight excluding hydrogens is 530 g/mol. The molecule has 0 spiro atoms. The lowest BCUT2D eigenvalue weighted by Crippen LogP contribution is -2.22. The highest BCUT2D eigenvalue weighted by molar-refractivity contribution is 5.91. The molecule has 0 N–H and O–H groups in total. The molecule has 1 heteroatoms. The molecule has 216 valence electrons. The van der Waals surface area contributed by atoms with Gasteiger partial charge in [0.25, 0.3) is 0 Å². The smallest absolute Gasteiger partial charge is 0.0701 e. The Bertz CT molecular complexity index is 2010. The Kier molecular flexibility index (Phi) is 10.1. The molecule has 0 atom stereocenters. The third-order valence-electron chi connectivity index (χ3n) is 7.90. The molecule has 0 heterocycles. The Morgan fingerprint density at radius 3 is 2.07 bits per heavy atom. The van der Waals surface area contributed by atoms with Crippen molar-refractivity contribution in [1.29, 1.82) is 0 Å². The second-order valence-electron chi connectivity index (χ2n) is 10.8. The predicted octanol–water partition coefficient (Wildman–Crippen LogP) is 9.93. The first kappa shape index (κ1) is 30.2. The van der Waals surface area contributed by atoms with Crippen LogP contribution in [-0.2, 0) is 6.42 Å². The van der Waals surface area contributed by atoms with Gasteiger partial charge < -0.3 is 0 Å². The van der Waals surface area contributed by atoms with Crippen molar-refractivity contribution in [2.45, 2.75) is 27.2 Å². The van der Waals surface area contributed by atoms with Crippen molar-refractivity contribution in [1.82, 2.24) is 0 Å². The van der Waals surface area contributed by atoms with Crippen LogP contribution in [0.1, 0.15) is 48.6 Å². The van der Waals surface area contributed by atoms with Gasteiger partial charge in [0.05, 0.1) is 5.70 Å². The number of benzene rings is 5. The zero-order valence-electron chi connectivity index (χ0n) is 25.9. The van der Waals surface area contributed by atoms with E-state index in [1.54, 1.807) is 0 Å². The van der Waals surface area contributed by atoms with Crippen molar-refractivity contribution < 1.29 is 0 Å². The van der Waals surface area contributed by atoms with Gasteiger partial charge in [-0.1, -0.05) is 153 Å². The van der Waals surface area contributed by atoms with Crippen LogP contribution in [-0.4, -0.2) is 6.72 Å². The molecule has 5 aromatic rings. The van der Waals surface area contributed by atoms with Crippen molar-refractivity contribution in [3.63, 3.8) is 0 Å². The van der Waals surface area contributed by atoms with E-state index in [4.69, 9.17) is 0 Å². The summed E-state index contributed by atoms with van der Waals surface area (Å²) in [5.41, 5.74) is 9.13. The number of aliphatic imine (C=N–C) groups is 1. The van der Waals surface area contributed by atoms with E-state index in [0.29, 0.717) is 0 Å². The number of aryl methyl sites for hydroxylation is 1. The Morgan fingerprint density at radius 1 is 0.705 bits per heavy atom. The molecule has 0 amide bonds. The van der Waals surface area contributed by atoms with E-state index < -0.39 is 0 Å². The lowest BCUT2D eigenvalue weighted by atomic mass is 9.96. The van der Waals surface area contributed by atoms with Crippen LogP contribution < -0.4 is 10.4 Å². The minimum absolute atomic E-state index is 0.834. The van der Waals surface area contributed by atoms with Crippen molar-refractivity contribution in [3.05, 3.63) is 178 Å². The number of rotatable bonds is 9. The fourth-order valence-corrected chi connectivity index (χ4v) is 5.38. The zero-order chi connectivity index (χ0) is 30.7. The maximum absolute atomic E-state index is 4.48.